The van der Waals surface area contributed by atoms with E-state index in [4.69, 9.17) is 32.9 Å². The van der Waals surface area contributed by atoms with Gasteiger partial charge in [-0.15, -0.1) is 5.10 Å². The van der Waals surface area contributed by atoms with Crippen molar-refractivity contribution in [3.8, 4) is 5.75 Å². The number of methoxy groups -OCH3 is 1. The molecule has 0 saturated carbocycles. The number of unbranched alkanes of at least 4 members (excludes halogenated alkanes) is 2. The molecule has 1 amide bonds. The van der Waals surface area contributed by atoms with Crippen LogP contribution in [0, 0.1) is 0 Å². The minimum Gasteiger partial charge on any atom is -0.496 e. The van der Waals surface area contributed by atoms with Gasteiger partial charge in [0.05, 0.1) is 40.0 Å². The van der Waals surface area contributed by atoms with E-state index in [0.29, 0.717) is 33.9 Å². The molecule has 50 heavy (non-hydrogen) atoms. The second-order valence-corrected chi connectivity index (χ2v) is 14.1. The minimum atomic E-state index is -0.312. The molecular formula is C38H46Cl2N8O2. The van der Waals surface area contributed by atoms with Gasteiger partial charge in [0.1, 0.15) is 11.8 Å². The summed E-state index contributed by atoms with van der Waals surface area (Å²) in [6.07, 6.45) is 8.14. The van der Waals surface area contributed by atoms with Crippen molar-refractivity contribution in [2.75, 3.05) is 45.7 Å². The number of rotatable bonds is 15. The van der Waals surface area contributed by atoms with Gasteiger partial charge < -0.3 is 24.4 Å². The Morgan fingerprint density at radius 1 is 1.04 bits per heavy atom. The van der Waals surface area contributed by atoms with Crippen molar-refractivity contribution in [2.45, 2.75) is 70.0 Å². The summed E-state index contributed by atoms with van der Waals surface area (Å²) in [5, 5.41) is 16.5. The predicted octanol–water partition coefficient (Wildman–Crippen LogP) is 8.86. The van der Waals surface area contributed by atoms with E-state index in [9.17, 15) is 4.79 Å². The van der Waals surface area contributed by atoms with Crippen LogP contribution in [0.15, 0.2) is 76.1 Å². The number of hydrogen-bond donors (Lipinski definition) is 1. The molecule has 3 heterocycles. The van der Waals surface area contributed by atoms with Crippen LogP contribution < -0.4 is 10.1 Å². The fourth-order valence-electron chi connectivity index (χ4n) is 6.94. The molecule has 12 heteroatoms. The SMILES string of the molecule is CCCCCn1c(NC2CCN(CCC(CN(C)C(=O)c3cc(C4C=NN=N4)ccc3OC)c3ccc(Cl)c(Cl)c3)CC2)nc2ccccc21. The first-order valence-corrected chi connectivity index (χ1v) is 18.4. The Bertz CT molecular complexity index is 1820. The van der Waals surface area contributed by atoms with Gasteiger partial charge in [0.2, 0.25) is 5.95 Å². The second kappa shape index (κ2) is 16.8. The zero-order valence-corrected chi connectivity index (χ0v) is 30.6. The van der Waals surface area contributed by atoms with Gasteiger partial charge in [-0.1, -0.05) is 67.2 Å². The number of aromatic nitrogens is 2. The molecule has 0 radical (unpaired) electrons. The Morgan fingerprint density at radius 2 is 1.86 bits per heavy atom. The molecular weight excluding hydrogens is 671 g/mol. The lowest BCUT2D eigenvalue weighted by atomic mass is 9.93. The molecule has 10 nitrogen and oxygen atoms in total. The van der Waals surface area contributed by atoms with Crippen LogP contribution in [-0.2, 0) is 6.54 Å². The largest absolute Gasteiger partial charge is 0.496 e. The van der Waals surface area contributed by atoms with Crippen LogP contribution in [-0.4, -0.2) is 77.9 Å². The molecule has 4 aromatic rings. The van der Waals surface area contributed by atoms with E-state index in [1.54, 1.807) is 24.3 Å². The van der Waals surface area contributed by atoms with E-state index in [1.165, 1.54) is 18.4 Å². The van der Waals surface area contributed by atoms with Crippen molar-refractivity contribution in [1.82, 2.24) is 19.4 Å². The molecule has 2 atom stereocenters. The Balaban J connectivity index is 1.10. The predicted molar refractivity (Wildman–Crippen MR) is 202 cm³/mol. The van der Waals surface area contributed by atoms with Crippen LogP contribution in [0.3, 0.4) is 0 Å². The molecule has 264 valence electrons. The third kappa shape index (κ3) is 8.48. The summed E-state index contributed by atoms with van der Waals surface area (Å²) in [6.45, 7) is 6.59. The maximum Gasteiger partial charge on any atom is 0.257 e. The smallest absolute Gasteiger partial charge is 0.257 e. The molecule has 0 spiro atoms. The Kier molecular flexibility index (Phi) is 12.0. The Morgan fingerprint density at radius 3 is 2.60 bits per heavy atom. The lowest BCUT2D eigenvalue weighted by Crippen LogP contribution is -2.40. The third-order valence-electron chi connectivity index (χ3n) is 9.84. The van der Waals surface area contributed by atoms with Crippen molar-refractivity contribution in [3.05, 3.63) is 87.4 Å². The van der Waals surface area contributed by atoms with E-state index in [0.717, 1.165) is 74.5 Å². The van der Waals surface area contributed by atoms with Crippen molar-refractivity contribution in [3.63, 3.8) is 0 Å². The highest BCUT2D eigenvalue weighted by Gasteiger charge is 2.26. The molecule has 0 bridgehead atoms. The number of carbonyl (C=O) groups excluding carboxylic acids is 1. The number of likely N-dealkylation sites (N-methyl/N-ethyl adjacent to an activating group) is 1. The van der Waals surface area contributed by atoms with Gasteiger partial charge in [-0.25, -0.2) is 4.98 Å². The summed E-state index contributed by atoms with van der Waals surface area (Å²) in [6, 6.07) is 19.8. The monoisotopic (exact) mass is 716 g/mol. The number of likely N-dealkylation sites (tertiary alicyclic amines) is 1. The van der Waals surface area contributed by atoms with Crippen molar-refractivity contribution < 1.29 is 9.53 Å². The average molecular weight is 718 g/mol. The van der Waals surface area contributed by atoms with E-state index < -0.39 is 0 Å². The number of imidazole rings is 1. The van der Waals surface area contributed by atoms with Crippen LogP contribution in [0.2, 0.25) is 10.0 Å². The quantitative estimate of drug-likeness (QED) is 0.124. The second-order valence-electron chi connectivity index (χ2n) is 13.3. The standard InChI is InChI=1S/C38H46Cl2N8O2/c1-4-5-8-18-48-35-10-7-6-9-33(35)43-38(48)42-29-16-20-47(21-17-29)19-15-28(26-11-13-31(39)32(40)23-26)25-46(2)37(49)30-22-27(12-14-36(30)50-3)34-24-41-45-44-34/h6-7,9-14,22-24,28-29,34H,4-5,8,15-21,25H2,1-3H3,(H,42,43). The first kappa shape index (κ1) is 35.8. The number of nitrogens with zero attached hydrogens (tertiary/aromatic N) is 7. The van der Waals surface area contributed by atoms with Gasteiger partial charge in [-0.2, -0.15) is 5.11 Å². The number of amides is 1. The van der Waals surface area contributed by atoms with Crippen LogP contribution in [0.25, 0.3) is 11.0 Å². The molecule has 1 aromatic heterocycles. The summed E-state index contributed by atoms with van der Waals surface area (Å²) >= 11 is 12.8. The minimum absolute atomic E-state index is 0.0440. The Hall–Kier alpha value is -3.99. The molecule has 1 fully saturated rings. The topological polar surface area (TPSA) is 99.7 Å². The normalized spacial score (nSPS) is 17.0. The third-order valence-corrected chi connectivity index (χ3v) is 10.6. The molecule has 2 unspecified atom stereocenters. The fraction of sp³-hybridized carbons (Fsp3) is 0.447. The average Bonchev–Trinajstić information content (AvgIpc) is 3.80. The van der Waals surface area contributed by atoms with Crippen molar-refractivity contribution in [2.24, 2.45) is 15.4 Å². The summed E-state index contributed by atoms with van der Waals surface area (Å²) in [5.74, 6) is 1.41. The molecule has 6 rings (SSSR count). The molecule has 1 saturated heterocycles. The maximum absolute atomic E-state index is 13.9. The number of benzene rings is 3. The van der Waals surface area contributed by atoms with Crippen LogP contribution in [0.5, 0.6) is 5.75 Å². The van der Waals surface area contributed by atoms with Gasteiger partial charge in [0.25, 0.3) is 5.91 Å². The fourth-order valence-corrected chi connectivity index (χ4v) is 7.25. The lowest BCUT2D eigenvalue weighted by molar-refractivity contribution is 0.0778. The van der Waals surface area contributed by atoms with Gasteiger partial charge >= 0.3 is 0 Å². The molecule has 2 aliphatic rings. The zero-order valence-electron chi connectivity index (χ0n) is 29.1. The molecule has 1 N–H and O–H groups in total. The summed E-state index contributed by atoms with van der Waals surface area (Å²) in [4.78, 5) is 23.2. The lowest BCUT2D eigenvalue weighted by Gasteiger charge is -2.34. The molecule has 0 aliphatic carbocycles. The molecule has 3 aromatic carbocycles. The number of carbonyl (C=O) groups is 1. The highest BCUT2D eigenvalue weighted by atomic mass is 35.5. The highest BCUT2D eigenvalue weighted by molar-refractivity contribution is 6.42. The van der Waals surface area contributed by atoms with Crippen LogP contribution in [0.4, 0.5) is 5.95 Å². The van der Waals surface area contributed by atoms with Crippen molar-refractivity contribution in [1.29, 1.82) is 0 Å². The number of halogens is 2. The first-order valence-electron chi connectivity index (χ1n) is 17.6. The molecule has 2 aliphatic heterocycles. The van der Waals surface area contributed by atoms with E-state index >= 15 is 0 Å². The first-order chi connectivity index (χ1) is 24.3. The van der Waals surface area contributed by atoms with E-state index in [2.05, 4.69) is 61.4 Å². The zero-order chi connectivity index (χ0) is 35.0. The number of nitrogens with one attached hydrogen (secondary N) is 1. The number of aryl methyl sites for hydroxylation is 1. The van der Waals surface area contributed by atoms with Crippen LogP contribution >= 0.6 is 23.2 Å². The number of piperidine rings is 1. The van der Waals surface area contributed by atoms with Crippen LogP contribution in [0.1, 0.15) is 78.9 Å². The Labute approximate surface area is 304 Å². The maximum atomic E-state index is 13.9. The highest BCUT2D eigenvalue weighted by Crippen LogP contribution is 2.32. The summed E-state index contributed by atoms with van der Waals surface area (Å²) < 4.78 is 7.94. The van der Waals surface area contributed by atoms with Gasteiger partial charge in [-0.3, -0.25) is 4.79 Å². The van der Waals surface area contributed by atoms with Gasteiger partial charge in [0.15, 0.2) is 0 Å². The summed E-state index contributed by atoms with van der Waals surface area (Å²) in [5.41, 5.74) is 4.60. The number of anilines is 1. The van der Waals surface area contributed by atoms with Gasteiger partial charge in [0, 0.05) is 45.2 Å². The van der Waals surface area contributed by atoms with Gasteiger partial charge in [-0.05, 0) is 85.0 Å². The number of hydrogen-bond acceptors (Lipinski definition) is 8. The van der Waals surface area contributed by atoms with E-state index in [-0.39, 0.29) is 17.9 Å². The number of fused-ring (bicyclic) bond motifs is 1. The van der Waals surface area contributed by atoms with E-state index in [1.807, 2.05) is 37.4 Å². The summed E-state index contributed by atoms with van der Waals surface area (Å²) in [7, 11) is 3.41. The number of para-hydroxylation sites is 2. The number of ether oxygens (including phenoxy) is 1. The van der Waals surface area contributed by atoms with Crippen molar-refractivity contribution >= 4 is 52.3 Å².